The molecule has 4 heteroatoms. The van der Waals surface area contributed by atoms with E-state index >= 15 is 0 Å². The van der Waals surface area contributed by atoms with E-state index in [9.17, 15) is 13.5 Å². The molecule has 0 amide bonds. The maximum atomic E-state index is 11.7. The van der Waals surface area contributed by atoms with Gasteiger partial charge in [0.15, 0.2) is 9.84 Å². The van der Waals surface area contributed by atoms with Crippen molar-refractivity contribution in [3.63, 3.8) is 0 Å². The molecule has 1 unspecified atom stereocenters. The molecule has 2 rings (SSSR count). The fourth-order valence-electron chi connectivity index (χ4n) is 4.03. The van der Waals surface area contributed by atoms with Crippen LogP contribution in [0, 0.1) is 22.7 Å². The lowest BCUT2D eigenvalue weighted by Crippen LogP contribution is -2.41. The number of hydrogen-bond donors (Lipinski definition) is 1. The van der Waals surface area contributed by atoms with Crippen LogP contribution in [0.3, 0.4) is 0 Å². The standard InChI is InChI=1S/C15H28O3S/c1-14(2,3)12-4-7-15(11-16,8-5-12)13-6-9-19(17,18)10-13/h12-13,16H,4-11H2,1-3H3. The average Bonchev–Trinajstić information content (AvgIpc) is 2.69. The van der Waals surface area contributed by atoms with Crippen LogP contribution >= 0.6 is 0 Å². The van der Waals surface area contributed by atoms with Gasteiger partial charge >= 0.3 is 0 Å². The molecule has 0 aromatic carbocycles. The van der Waals surface area contributed by atoms with Crippen LogP contribution in [-0.4, -0.2) is 31.6 Å². The van der Waals surface area contributed by atoms with Gasteiger partial charge in [0.2, 0.25) is 0 Å². The Morgan fingerprint density at radius 3 is 2.11 bits per heavy atom. The Balaban J connectivity index is 2.07. The highest BCUT2D eigenvalue weighted by Gasteiger charge is 2.47. The third kappa shape index (κ3) is 3.15. The van der Waals surface area contributed by atoms with Crippen molar-refractivity contribution >= 4 is 9.84 Å². The van der Waals surface area contributed by atoms with E-state index < -0.39 is 9.84 Å². The maximum Gasteiger partial charge on any atom is 0.150 e. The Labute approximate surface area is 117 Å². The van der Waals surface area contributed by atoms with Crippen molar-refractivity contribution in [1.29, 1.82) is 0 Å². The molecule has 0 aromatic rings. The number of aliphatic hydroxyl groups is 1. The summed E-state index contributed by atoms with van der Waals surface area (Å²) in [4.78, 5) is 0. The molecule has 0 aromatic heterocycles. The summed E-state index contributed by atoms with van der Waals surface area (Å²) in [7, 11) is -2.85. The first-order chi connectivity index (χ1) is 8.69. The first-order valence-electron chi connectivity index (χ1n) is 7.50. The Bertz CT molecular complexity index is 411. The molecule has 2 aliphatic rings. The maximum absolute atomic E-state index is 11.7. The molecule has 1 N–H and O–H groups in total. The third-order valence-corrected chi connectivity index (χ3v) is 7.39. The Hall–Kier alpha value is -0.0900. The van der Waals surface area contributed by atoms with Gasteiger partial charge < -0.3 is 5.11 Å². The number of aliphatic hydroxyl groups excluding tert-OH is 1. The highest BCUT2D eigenvalue weighted by atomic mass is 32.2. The molecule has 0 bridgehead atoms. The van der Waals surface area contributed by atoms with Crippen LogP contribution in [0.5, 0.6) is 0 Å². The summed E-state index contributed by atoms with van der Waals surface area (Å²) in [5.74, 6) is 1.50. The van der Waals surface area contributed by atoms with E-state index in [1.807, 2.05) is 0 Å². The molecule has 1 saturated heterocycles. The highest BCUT2D eigenvalue weighted by Crippen LogP contribution is 2.51. The number of sulfone groups is 1. The molecule has 2 fully saturated rings. The summed E-state index contributed by atoms with van der Waals surface area (Å²) in [5, 5.41) is 9.87. The summed E-state index contributed by atoms with van der Waals surface area (Å²) in [6.45, 7) is 7.00. The molecule has 1 aliphatic carbocycles. The number of rotatable bonds is 2. The molecular formula is C15H28O3S. The van der Waals surface area contributed by atoms with Crippen molar-refractivity contribution in [2.45, 2.75) is 52.9 Å². The van der Waals surface area contributed by atoms with Crippen LogP contribution in [-0.2, 0) is 9.84 Å². The first kappa shape index (κ1) is 15.3. The Morgan fingerprint density at radius 1 is 1.16 bits per heavy atom. The average molecular weight is 288 g/mol. The van der Waals surface area contributed by atoms with Gasteiger partial charge in [0, 0.05) is 6.61 Å². The van der Waals surface area contributed by atoms with E-state index in [2.05, 4.69) is 20.8 Å². The molecule has 0 radical (unpaired) electrons. The van der Waals surface area contributed by atoms with Crippen molar-refractivity contribution in [1.82, 2.24) is 0 Å². The van der Waals surface area contributed by atoms with Crippen molar-refractivity contribution in [2.24, 2.45) is 22.7 Å². The summed E-state index contributed by atoms with van der Waals surface area (Å²) < 4.78 is 23.4. The Kier molecular flexibility index (Phi) is 4.05. The predicted molar refractivity (Wildman–Crippen MR) is 77.7 cm³/mol. The molecule has 0 spiro atoms. The fourth-order valence-corrected chi connectivity index (χ4v) is 5.98. The van der Waals surface area contributed by atoms with Gasteiger partial charge in [-0.15, -0.1) is 0 Å². The van der Waals surface area contributed by atoms with Crippen molar-refractivity contribution in [2.75, 3.05) is 18.1 Å². The second-order valence-electron chi connectivity index (χ2n) is 7.76. The van der Waals surface area contributed by atoms with Gasteiger partial charge in [-0.05, 0) is 54.8 Å². The van der Waals surface area contributed by atoms with Crippen LogP contribution < -0.4 is 0 Å². The number of hydrogen-bond acceptors (Lipinski definition) is 3. The summed E-state index contributed by atoms with van der Waals surface area (Å²) >= 11 is 0. The lowest BCUT2D eigenvalue weighted by molar-refractivity contribution is -0.000844. The predicted octanol–water partition coefficient (Wildman–Crippen LogP) is 2.64. The molecule has 19 heavy (non-hydrogen) atoms. The quantitative estimate of drug-likeness (QED) is 0.850. The largest absolute Gasteiger partial charge is 0.396 e. The van der Waals surface area contributed by atoms with Gasteiger partial charge in [0.05, 0.1) is 11.5 Å². The molecule has 3 nitrogen and oxygen atoms in total. The second-order valence-corrected chi connectivity index (χ2v) is 9.99. The smallest absolute Gasteiger partial charge is 0.150 e. The van der Waals surface area contributed by atoms with Crippen molar-refractivity contribution in [3.8, 4) is 0 Å². The highest BCUT2D eigenvalue weighted by molar-refractivity contribution is 7.91. The van der Waals surface area contributed by atoms with E-state index in [4.69, 9.17) is 0 Å². The normalized spacial score (nSPS) is 39.4. The topological polar surface area (TPSA) is 54.4 Å². The van der Waals surface area contributed by atoms with Gasteiger partial charge in [-0.1, -0.05) is 20.8 Å². The van der Waals surface area contributed by atoms with Crippen LogP contribution in [0.15, 0.2) is 0 Å². The zero-order valence-electron chi connectivity index (χ0n) is 12.5. The van der Waals surface area contributed by atoms with Crippen LogP contribution in [0.2, 0.25) is 0 Å². The molecule has 1 saturated carbocycles. The minimum atomic E-state index is -2.85. The Morgan fingerprint density at radius 2 is 1.74 bits per heavy atom. The molecular weight excluding hydrogens is 260 g/mol. The first-order valence-corrected chi connectivity index (χ1v) is 9.32. The van der Waals surface area contributed by atoms with E-state index in [1.54, 1.807) is 0 Å². The molecule has 112 valence electrons. The minimum absolute atomic E-state index is 0.120. The summed E-state index contributed by atoms with van der Waals surface area (Å²) in [6, 6.07) is 0. The third-order valence-electron chi connectivity index (χ3n) is 5.62. The SMILES string of the molecule is CC(C)(C)C1CCC(CO)(C2CCS(=O)(=O)C2)CC1. The summed E-state index contributed by atoms with van der Waals surface area (Å²) in [6.07, 6.45) is 4.99. The minimum Gasteiger partial charge on any atom is -0.396 e. The fraction of sp³-hybridized carbons (Fsp3) is 1.00. The lowest BCUT2D eigenvalue weighted by atomic mass is 9.60. The van der Waals surface area contributed by atoms with Gasteiger partial charge in [-0.2, -0.15) is 0 Å². The van der Waals surface area contributed by atoms with E-state index in [1.165, 1.54) is 0 Å². The van der Waals surface area contributed by atoms with Crippen molar-refractivity contribution < 1.29 is 13.5 Å². The second kappa shape index (κ2) is 5.03. The molecule has 1 aliphatic heterocycles. The van der Waals surface area contributed by atoms with Gasteiger partial charge in [0.25, 0.3) is 0 Å². The van der Waals surface area contributed by atoms with Crippen LogP contribution in [0.4, 0.5) is 0 Å². The van der Waals surface area contributed by atoms with Gasteiger partial charge in [0.1, 0.15) is 0 Å². The van der Waals surface area contributed by atoms with E-state index in [0.717, 1.165) is 32.1 Å². The van der Waals surface area contributed by atoms with Crippen LogP contribution in [0.1, 0.15) is 52.9 Å². The van der Waals surface area contributed by atoms with Gasteiger partial charge in [-0.25, -0.2) is 8.42 Å². The zero-order valence-corrected chi connectivity index (χ0v) is 13.3. The lowest BCUT2D eigenvalue weighted by Gasteiger charge is -2.46. The van der Waals surface area contributed by atoms with E-state index in [-0.39, 0.29) is 17.9 Å². The monoisotopic (exact) mass is 288 g/mol. The molecule has 1 heterocycles. The summed E-state index contributed by atoms with van der Waals surface area (Å²) in [5.41, 5.74) is 0.203. The zero-order chi connectivity index (χ0) is 14.3. The van der Waals surface area contributed by atoms with Crippen molar-refractivity contribution in [3.05, 3.63) is 0 Å². The van der Waals surface area contributed by atoms with Crippen LogP contribution in [0.25, 0.3) is 0 Å². The van der Waals surface area contributed by atoms with E-state index in [0.29, 0.717) is 22.8 Å². The molecule has 1 atom stereocenters. The van der Waals surface area contributed by atoms with Gasteiger partial charge in [-0.3, -0.25) is 0 Å².